The molecule has 0 atom stereocenters. The summed E-state index contributed by atoms with van der Waals surface area (Å²) < 4.78 is 25.8. The van der Waals surface area contributed by atoms with Crippen LogP contribution in [0, 0.1) is 0 Å². The number of hydrogen-bond donors (Lipinski definition) is 1. The Kier molecular flexibility index (Phi) is 7.01. The minimum absolute atomic E-state index is 0.118. The Hall–Kier alpha value is -1.57. The van der Waals surface area contributed by atoms with Gasteiger partial charge in [0.15, 0.2) is 0 Å². The van der Waals surface area contributed by atoms with Crippen LogP contribution in [0.5, 0.6) is 0 Å². The molecule has 0 saturated carbocycles. The molecule has 8 heteroatoms. The Balaban J connectivity index is 1.53. The van der Waals surface area contributed by atoms with E-state index in [9.17, 15) is 13.2 Å². The van der Waals surface area contributed by atoms with E-state index in [1.54, 1.807) is 0 Å². The van der Waals surface area contributed by atoms with Gasteiger partial charge in [-0.25, -0.2) is 13.1 Å². The Bertz CT molecular complexity index is 814. The predicted octanol–water partition coefficient (Wildman–Crippen LogP) is 2.93. The molecule has 1 aromatic rings. The first-order chi connectivity index (χ1) is 13.4. The first-order valence-corrected chi connectivity index (χ1v) is 11.8. The quantitative estimate of drug-likeness (QED) is 0.729. The number of anilines is 1. The van der Waals surface area contributed by atoms with Gasteiger partial charge in [-0.1, -0.05) is 24.2 Å². The molecule has 1 aromatic carbocycles. The Morgan fingerprint density at radius 1 is 1.21 bits per heavy atom. The van der Waals surface area contributed by atoms with Gasteiger partial charge in [-0.3, -0.25) is 4.79 Å². The topological polar surface area (TPSA) is 69.7 Å². The van der Waals surface area contributed by atoms with E-state index in [1.165, 1.54) is 12.8 Å². The summed E-state index contributed by atoms with van der Waals surface area (Å²) >= 11 is 6.19. The molecule has 2 aliphatic rings. The van der Waals surface area contributed by atoms with E-state index in [-0.39, 0.29) is 11.9 Å². The normalized spacial score (nSPS) is 18.5. The summed E-state index contributed by atoms with van der Waals surface area (Å²) in [5.74, 6) is 0.118. The lowest BCUT2D eigenvalue weighted by Crippen LogP contribution is -2.46. The molecular formula is C20H28ClN3O3S. The third-order valence-corrected chi connectivity index (χ3v) is 6.84. The standard InChI is InChI=1S/C20H28ClN3O3S/c1-2-28(26,27)22-18-9-13-24(14-10-18)20(25)8-6-16-5-7-17(21)15-19(16)23-11-3-4-12-23/h2,5,7,15,18,22H,1,3-4,6,8-14H2. The maximum absolute atomic E-state index is 12.7. The molecule has 2 saturated heterocycles. The van der Waals surface area contributed by atoms with Gasteiger partial charge in [0, 0.05) is 54.8 Å². The van der Waals surface area contributed by atoms with E-state index in [4.69, 9.17) is 11.6 Å². The highest BCUT2D eigenvalue weighted by Crippen LogP contribution is 2.29. The van der Waals surface area contributed by atoms with Crippen molar-refractivity contribution in [2.24, 2.45) is 0 Å². The molecule has 0 radical (unpaired) electrons. The van der Waals surface area contributed by atoms with Gasteiger partial charge in [0.25, 0.3) is 0 Å². The number of carbonyl (C=O) groups excluding carboxylic acids is 1. The van der Waals surface area contributed by atoms with E-state index in [2.05, 4.69) is 16.2 Å². The Morgan fingerprint density at radius 2 is 1.89 bits per heavy atom. The highest BCUT2D eigenvalue weighted by Gasteiger charge is 2.25. The van der Waals surface area contributed by atoms with Crippen molar-refractivity contribution in [3.63, 3.8) is 0 Å². The number of amides is 1. The van der Waals surface area contributed by atoms with Crippen molar-refractivity contribution >= 4 is 33.2 Å². The molecule has 6 nitrogen and oxygen atoms in total. The summed E-state index contributed by atoms with van der Waals surface area (Å²) in [6.45, 7) is 6.53. The SMILES string of the molecule is C=CS(=O)(=O)NC1CCN(C(=O)CCc2ccc(Cl)cc2N2CCCC2)CC1. The van der Waals surface area contributed by atoms with Crippen molar-refractivity contribution in [2.75, 3.05) is 31.1 Å². The number of likely N-dealkylation sites (tertiary alicyclic amines) is 1. The zero-order chi connectivity index (χ0) is 20.1. The van der Waals surface area contributed by atoms with Crippen LogP contribution < -0.4 is 9.62 Å². The van der Waals surface area contributed by atoms with E-state index < -0.39 is 10.0 Å². The third kappa shape index (κ3) is 5.49. The van der Waals surface area contributed by atoms with Crippen LogP contribution >= 0.6 is 11.6 Å². The average Bonchev–Trinajstić information content (AvgIpc) is 3.21. The average molecular weight is 426 g/mol. The number of nitrogens with zero attached hydrogens (tertiary/aromatic N) is 2. The van der Waals surface area contributed by atoms with Gasteiger partial charge < -0.3 is 9.80 Å². The molecule has 1 amide bonds. The second-order valence-electron chi connectivity index (χ2n) is 7.45. The van der Waals surface area contributed by atoms with Crippen LogP contribution in [-0.2, 0) is 21.2 Å². The molecule has 28 heavy (non-hydrogen) atoms. The maximum Gasteiger partial charge on any atom is 0.233 e. The number of hydrogen-bond acceptors (Lipinski definition) is 4. The number of aryl methyl sites for hydroxylation is 1. The van der Waals surface area contributed by atoms with Gasteiger partial charge in [-0.15, -0.1) is 0 Å². The van der Waals surface area contributed by atoms with Crippen molar-refractivity contribution in [3.05, 3.63) is 40.8 Å². The summed E-state index contributed by atoms with van der Waals surface area (Å²) in [5, 5.41) is 1.65. The maximum atomic E-state index is 12.7. The van der Waals surface area contributed by atoms with Crippen LogP contribution in [0.3, 0.4) is 0 Å². The summed E-state index contributed by atoms with van der Waals surface area (Å²) in [6, 6.07) is 5.78. The number of nitrogens with one attached hydrogen (secondary N) is 1. The van der Waals surface area contributed by atoms with Gasteiger partial charge in [-0.2, -0.15) is 0 Å². The van der Waals surface area contributed by atoms with Crippen molar-refractivity contribution in [2.45, 2.75) is 44.6 Å². The lowest BCUT2D eigenvalue weighted by atomic mass is 10.0. The van der Waals surface area contributed by atoms with Crippen LogP contribution in [0.15, 0.2) is 30.2 Å². The molecular weight excluding hydrogens is 398 g/mol. The van der Waals surface area contributed by atoms with Crippen LogP contribution in [0.25, 0.3) is 0 Å². The summed E-state index contributed by atoms with van der Waals surface area (Å²) in [7, 11) is -3.42. The van der Waals surface area contributed by atoms with Crippen molar-refractivity contribution < 1.29 is 13.2 Å². The van der Waals surface area contributed by atoms with Gasteiger partial charge in [-0.05, 0) is 49.8 Å². The number of benzene rings is 1. The molecule has 2 heterocycles. The zero-order valence-corrected chi connectivity index (χ0v) is 17.6. The first-order valence-electron chi connectivity index (χ1n) is 9.84. The molecule has 0 spiro atoms. The van der Waals surface area contributed by atoms with Gasteiger partial charge >= 0.3 is 0 Å². The smallest absolute Gasteiger partial charge is 0.233 e. The second kappa shape index (κ2) is 9.29. The van der Waals surface area contributed by atoms with Crippen molar-refractivity contribution in [3.8, 4) is 0 Å². The fourth-order valence-electron chi connectivity index (χ4n) is 3.93. The van der Waals surface area contributed by atoms with E-state index >= 15 is 0 Å². The molecule has 0 bridgehead atoms. The van der Waals surface area contributed by atoms with Crippen molar-refractivity contribution in [1.82, 2.24) is 9.62 Å². The molecule has 0 aliphatic carbocycles. The van der Waals surface area contributed by atoms with E-state index in [0.29, 0.717) is 38.8 Å². The van der Waals surface area contributed by atoms with Gasteiger partial charge in [0.2, 0.25) is 15.9 Å². The lowest BCUT2D eigenvalue weighted by molar-refractivity contribution is -0.132. The molecule has 154 valence electrons. The number of piperidine rings is 1. The minimum atomic E-state index is -3.42. The monoisotopic (exact) mass is 425 g/mol. The molecule has 2 aliphatic heterocycles. The highest BCUT2D eigenvalue weighted by atomic mass is 35.5. The summed E-state index contributed by atoms with van der Waals surface area (Å²) in [4.78, 5) is 16.8. The molecule has 0 unspecified atom stereocenters. The van der Waals surface area contributed by atoms with Gasteiger partial charge in [0.05, 0.1) is 0 Å². The fourth-order valence-corrected chi connectivity index (χ4v) is 4.89. The van der Waals surface area contributed by atoms with Crippen LogP contribution in [0.2, 0.25) is 5.02 Å². The predicted molar refractivity (Wildman–Crippen MR) is 113 cm³/mol. The van der Waals surface area contributed by atoms with Gasteiger partial charge in [0.1, 0.15) is 0 Å². The van der Waals surface area contributed by atoms with Crippen LogP contribution in [-0.4, -0.2) is 51.4 Å². The van der Waals surface area contributed by atoms with Crippen molar-refractivity contribution in [1.29, 1.82) is 0 Å². The summed E-state index contributed by atoms with van der Waals surface area (Å²) in [6.07, 6.45) is 4.76. The van der Waals surface area contributed by atoms with Crippen LogP contribution in [0.1, 0.15) is 37.7 Å². The number of sulfonamides is 1. The minimum Gasteiger partial charge on any atom is -0.371 e. The number of halogens is 1. The Labute approximate surface area is 172 Å². The largest absolute Gasteiger partial charge is 0.371 e. The third-order valence-electron chi connectivity index (χ3n) is 5.50. The number of rotatable bonds is 7. The molecule has 2 fully saturated rings. The first kappa shape index (κ1) is 21.1. The van der Waals surface area contributed by atoms with E-state index in [0.717, 1.165) is 34.8 Å². The number of carbonyl (C=O) groups is 1. The molecule has 1 N–H and O–H groups in total. The Morgan fingerprint density at radius 3 is 2.54 bits per heavy atom. The fraction of sp³-hybridized carbons (Fsp3) is 0.550. The summed E-state index contributed by atoms with van der Waals surface area (Å²) in [5.41, 5.74) is 2.31. The van der Waals surface area contributed by atoms with E-state index in [1.807, 2.05) is 23.1 Å². The zero-order valence-electron chi connectivity index (χ0n) is 16.1. The van der Waals surface area contributed by atoms with Crippen LogP contribution in [0.4, 0.5) is 5.69 Å². The second-order valence-corrected chi connectivity index (χ2v) is 9.55. The molecule has 0 aromatic heterocycles. The lowest BCUT2D eigenvalue weighted by Gasteiger charge is -2.32. The highest BCUT2D eigenvalue weighted by molar-refractivity contribution is 7.92. The molecule has 3 rings (SSSR count).